The lowest BCUT2D eigenvalue weighted by Crippen LogP contribution is -2.38. The van der Waals surface area contributed by atoms with Crippen LogP contribution >= 0.6 is 0 Å². The number of phenolic OH excluding ortho intramolecular Hbond substituents is 2. The van der Waals surface area contributed by atoms with Gasteiger partial charge in [0.05, 0.1) is 13.0 Å². The predicted molar refractivity (Wildman–Crippen MR) is 182 cm³/mol. The maximum absolute atomic E-state index is 13.5. The highest BCUT2D eigenvalue weighted by Crippen LogP contribution is 2.35. The first kappa shape index (κ1) is 34.5. The highest BCUT2D eigenvalue weighted by Gasteiger charge is 2.22. The number of ether oxygens (including phenoxy) is 1. The largest absolute Gasteiger partial charge is 0.508 e. The van der Waals surface area contributed by atoms with Gasteiger partial charge in [0, 0.05) is 36.5 Å². The average Bonchev–Trinajstić information content (AvgIpc) is 3.03. The number of rotatable bonds is 16. The van der Waals surface area contributed by atoms with Crippen molar-refractivity contribution >= 4 is 5.91 Å². The van der Waals surface area contributed by atoms with E-state index in [2.05, 4.69) is 68.2 Å². The number of hydrogen-bond acceptors (Lipinski definition) is 5. The summed E-state index contributed by atoms with van der Waals surface area (Å²) >= 11 is 0. The Morgan fingerprint density at radius 1 is 0.804 bits per heavy atom. The van der Waals surface area contributed by atoms with Crippen LogP contribution in [0.15, 0.2) is 91.0 Å². The van der Waals surface area contributed by atoms with Gasteiger partial charge in [0.2, 0.25) is 5.91 Å². The number of benzene rings is 4. The smallest absolute Gasteiger partial charge is 0.224 e. The Kier molecular flexibility index (Phi) is 12.6. The van der Waals surface area contributed by atoms with Gasteiger partial charge in [-0.15, -0.1) is 0 Å². The minimum Gasteiger partial charge on any atom is -0.508 e. The number of carbonyl (C=O) groups excluding carboxylic acids is 1. The molecular formula is C39H47FN2O4. The van der Waals surface area contributed by atoms with E-state index in [1.165, 1.54) is 23.8 Å². The Hall–Kier alpha value is -4.36. The molecule has 7 heteroatoms. The highest BCUT2D eigenvalue weighted by atomic mass is 19.1. The summed E-state index contributed by atoms with van der Waals surface area (Å²) in [5, 5.41) is 23.1. The fourth-order valence-corrected chi connectivity index (χ4v) is 5.91. The Morgan fingerprint density at radius 2 is 1.46 bits per heavy atom. The molecule has 0 heterocycles. The molecule has 0 aliphatic heterocycles. The lowest BCUT2D eigenvalue weighted by molar-refractivity contribution is -0.120. The van der Waals surface area contributed by atoms with Crippen molar-refractivity contribution in [1.29, 1.82) is 0 Å². The molecule has 0 spiro atoms. The lowest BCUT2D eigenvalue weighted by Gasteiger charge is -2.32. The molecule has 0 radical (unpaired) electrons. The number of amides is 1. The molecule has 4 aromatic rings. The van der Waals surface area contributed by atoms with Crippen LogP contribution in [0.5, 0.6) is 17.2 Å². The van der Waals surface area contributed by atoms with E-state index in [0.717, 1.165) is 35.4 Å². The summed E-state index contributed by atoms with van der Waals surface area (Å²) in [6.07, 6.45) is 2.31. The molecule has 244 valence electrons. The third kappa shape index (κ3) is 10.1. The van der Waals surface area contributed by atoms with Gasteiger partial charge in [0.25, 0.3) is 0 Å². The molecule has 6 nitrogen and oxygen atoms in total. The highest BCUT2D eigenvalue weighted by molar-refractivity contribution is 5.78. The topological polar surface area (TPSA) is 82.0 Å². The van der Waals surface area contributed by atoms with Gasteiger partial charge in [-0.25, -0.2) is 4.39 Å². The fourth-order valence-electron chi connectivity index (χ4n) is 5.91. The van der Waals surface area contributed by atoms with E-state index >= 15 is 0 Å². The summed E-state index contributed by atoms with van der Waals surface area (Å²) in [5.41, 5.74) is 4.83. The van der Waals surface area contributed by atoms with Gasteiger partial charge < -0.3 is 20.3 Å². The van der Waals surface area contributed by atoms with Crippen LogP contribution in [-0.4, -0.2) is 52.8 Å². The zero-order chi connectivity index (χ0) is 33.1. The SMILES string of the molecule is CC(C)N(CC[C@H](c1ccccc1)c1cc(CCOc2ccc(CCNC(=O)Cc3ccc(O)c(F)c3)cc2)ccc1O)C(C)C. The first-order valence-corrected chi connectivity index (χ1v) is 16.2. The molecule has 0 fully saturated rings. The van der Waals surface area contributed by atoms with Crippen molar-refractivity contribution in [3.8, 4) is 17.2 Å². The third-order valence-corrected chi connectivity index (χ3v) is 8.37. The fraction of sp³-hybridized carbons (Fsp3) is 0.359. The van der Waals surface area contributed by atoms with Crippen molar-refractivity contribution in [3.05, 3.63) is 125 Å². The quantitative estimate of drug-likeness (QED) is 0.121. The van der Waals surface area contributed by atoms with Crippen LogP contribution in [0, 0.1) is 5.82 Å². The Morgan fingerprint density at radius 3 is 2.13 bits per heavy atom. The van der Waals surface area contributed by atoms with Crippen LogP contribution in [0.25, 0.3) is 0 Å². The number of aromatic hydroxyl groups is 2. The summed E-state index contributed by atoms with van der Waals surface area (Å²) in [6.45, 7) is 10.8. The number of phenols is 2. The van der Waals surface area contributed by atoms with E-state index in [0.29, 0.717) is 49.4 Å². The summed E-state index contributed by atoms with van der Waals surface area (Å²) in [7, 11) is 0. The molecular weight excluding hydrogens is 579 g/mol. The summed E-state index contributed by atoms with van der Waals surface area (Å²) in [5.74, 6) is -0.195. The lowest BCUT2D eigenvalue weighted by atomic mass is 9.86. The van der Waals surface area contributed by atoms with Crippen molar-refractivity contribution in [2.45, 2.75) is 71.4 Å². The van der Waals surface area contributed by atoms with Crippen molar-refractivity contribution in [2.75, 3.05) is 19.7 Å². The maximum atomic E-state index is 13.5. The van der Waals surface area contributed by atoms with E-state index in [4.69, 9.17) is 4.74 Å². The molecule has 0 unspecified atom stereocenters. The van der Waals surface area contributed by atoms with E-state index in [1.807, 2.05) is 36.4 Å². The minimum absolute atomic E-state index is 0.0499. The first-order valence-electron chi connectivity index (χ1n) is 16.2. The van der Waals surface area contributed by atoms with Crippen molar-refractivity contribution in [1.82, 2.24) is 10.2 Å². The average molecular weight is 627 g/mol. The third-order valence-electron chi connectivity index (χ3n) is 8.37. The van der Waals surface area contributed by atoms with Gasteiger partial charge in [-0.05, 0) is 99.7 Å². The van der Waals surface area contributed by atoms with Gasteiger partial charge in [-0.2, -0.15) is 0 Å². The van der Waals surface area contributed by atoms with Crippen molar-refractivity contribution in [2.24, 2.45) is 0 Å². The molecule has 0 aromatic heterocycles. The number of nitrogens with zero attached hydrogens (tertiary/aromatic N) is 1. The van der Waals surface area contributed by atoms with Crippen LogP contribution in [0.1, 0.15) is 67.9 Å². The standard InChI is InChI=1S/C39H47FN2O4/c1-27(2)42(28(3)4)22-19-34(32-8-6-5-7-9-32)35-24-30(12-16-37(35)43)20-23-46-33-14-10-29(11-15-33)18-21-41-39(45)26-31-13-17-38(44)36(40)25-31/h5-17,24-25,27-28,34,43-44H,18-23,26H2,1-4H3,(H,41,45)/t34-/m1/s1. The Labute approximate surface area is 272 Å². The molecule has 0 aliphatic carbocycles. The van der Waals surface area contributed by atoms with Crippen LogP contribution in [0.4, 0.5) is 4.39 Å². The Bertz CT molecular complexity index is 1530. The van der Waals surface area contributed by atoms with E-state index < -0.39 is 11.6 Å². The monoisotopic (exact) mass is 626 g/mol. The summed E-state index contributed by atoms with van der Waals surface area (Å²) in [6, 6.07) is 29.0. The van der Waals surface area contributed by atoms with Gasteiger partial charge >= 0.3 is 0 Å². The molecule has 46 heavy (non-hydrogen) atoms. The molecule has 0 bridgehead atoms. The van der Waals surface area contributed by atoms with Crippen molar-refractivity contribution < 1.29 is 24.1 Å². The molecule has 4 aromatic carbocycles. The zero-order valence-electron chi connectivity index (χ0n) is 27.4. The number of hydrogen-bond donors (Lipinski definition) is 3. The molecule has 1 amide bonds. The zero-order valence-corrected chi connectivity index (χ0v) is 27.4. The molecule has 3 N–H and O–H groups in total. The van der Waals surface area contributed by atoms with Crippen LogP contribution < -0.4 is 10.1 Å². The second-order valence-corrected chi connectivity index (χ2v) is 12.4. The minimum atomic E-state index is -0.733. The summed E-state index contributed by atoms with van der Waals surface area (Å²) < 4.78 is 19.6. The van der Waals surface area contributed by atoms with Gasteiger partial charge in [0.1, 0.15) is 11.5 Å². The normalized spacial score (nSPS) is 12.1. The molecule has 0 aliphatic rings. The van der Waals surface area contributed by atoms with Crippen molar-refractivity contribution in [3.63, 3.8) is 0 Å². The van der Waals surface area contributed by atoms with Gasteiger partial charge in [-0.3, -0.25) is 9.69 Å². The summed E-state index contributed by atoms with van der Waals surface area (Å²) in [4.78, 5) is 14.7. The van der Waals surface area contributed by atoms with E-state index in [9.17, 15) is 19.4 Å². The number of carbonyl (C=O) groups is 1. The van der Waals surface area contributed by atoms with E-state index in [1.54, 1.807) is 6.07 Å². The maximum Gasteiger partial charge on any atom is 0.224 e. The van der Waals surface area contributed by atoms with Gasteiger partial charge in [0.15, 0.2) is 11.6 Å². The van der Waals surface area contributed by atoms with Crippen LogP contribution in [-0.2, 0) is 24.1 Å². The second kappa shape index (κ2) is 16.8. The number of halogens is 1. The van der Waals surface area contributed by atoms with Gasteiger partial charge in [-0.1, -0.05) is 60.7 Å². The Balaban J connectivity index is 1.29. The van der Waals surface area contributed by atoms with Crippen LogP contribution in [0.3, 0.4) is 0 Å². The molecule has 0 saturated carbocycles. The van der Waals surface area contributed by atoms with Crippen LogP contribution in [0.2, 0.25) is 0 Å². The molecule has 0 saturated heterocycles. The number of nitrogens with one attached hydrogen (secondary N) is 1. The molecule has 4 rings (SSSR count). The first-order chi connectivity index (χ1) is 22.1. The predicted octanol–water partition coefficient (Wildman–Crippen LogP) is 7.40. The van der Waals surface area contributed by atoms with E-state index in [-0.39, 0.29) is 18.2 Å². The second-order valence-electron chi connectivity index (χ2n) is 12.4. The molecule has 1 atom stereocenters.